The summed E-state index contributed by atoms with van der Waals surface area (Å²) < 4.78 is 5.75. The molecule has 1 aromatic rings. The van der Waals surface area contributed by atoms with Crippen molar-refractivity contribution in [3.8, 4) is 0 Å². The lowest BCUT2D eigenvalue weighted by Crippen LogP contribution is -2.39. The van der Waals surface area contributed by atoms with Crippen LogP contribution in [0.1, 0.15) is 18.4 Å². The van der Waals surface area contributed by atoms with Crippen molar-refractivity contribution < 1.29 is 14.3 Å². The maximum Gasteiger partial charge on any atom is 0.308 e. The Hall–Kier alpha value is -1.62. The molecule has 112 valence electrons. The van der Waals surface area contributed by atoms with Crippen LogP contribution in [-0.2, 0) is 14.3 Å². The van der Waals surface area contributed by atoms with Gasteiger partial charge in [0.05, 0.1) is 13.0 Å². The number of nitrogens with zero attached hydrogens (tertiary/aromatic N) is 1. The molecular formula is C16H18BrNO3. The molecule has 1 aliphatic rings. The van der Waals surface area contributed by atoms with Crippen molar-refractivity contribution in [1.29, 1.82) is 0 Å². The fraction of sp³-hybridized carbons (Fsp3) is 0.375. The number of piperidine rings is 1. The van der Waals surface area contributed by atoms with Crippen molar-refractivity contribution in [2.45, 2.75) is 12.8 Å². The van der Waals surface area contributed by atoms with Gasteiger partial charge in [-0.3, -0.25) is 9.59 Å². The SMILES string of the molecule is COC(=O)C1CCN(C(=O)C=Cc2ccc(Br)cc2)CC1. The van der Waals surface area contributed by atoms with Gasteiger partial charge in [-0.1, -0.05) is 28.1 Å². The summed E-state index contributed by atoms with van der Waals surface area (Å²) in [6.07, 6.45) is 4.73. The molecule has 0 aromatic heterocycles. The van der Waals surface area contributed by atoms with E-state index >= 15 is 0 Å². The highest BCUT2D eigenvalue weighted by atomic mass is 79.9. The van der Waals surface area contributed by atoms with Gasteiger partial charge in [-0.25, -0.2) is 0 Å². The molecule has 0 spiro atoms. The van der Waals surface area contributed by atoms with Crippen molar-refractivity contribution in [1.82, 2.24) is 4.90 Å². The zero-order chi connectivity index (χ0) is 15.2. The van der Waals surface area contributed by atoms with Crippen LogP contribution in [0.4, 0.5) is 0 Å². The van der Waals surface area contributed by atoms with Crippen LogP contribution in [0.5, 0.6) is 0 Å². The Kier molecular flexibility index (Phi) is 5.56. The predicted octanol–water partition coefficient (Wildman–Crippen LogP) is 2.87. The van der Waals surface area contributed by atoms with Crippen molar-refractivity contribution in [3.63, 3.8) is 0 Å². The summed E-state index contributed by atoms with van der Waals surface area (Å²) in [6.45, 7) is 1.20. The Bertz CT molecular complexity index is 531. The van der Waals surface area contributed by atoms with E-state index in [0.717, 1.165) is 10.0 Å². The summed E-state index contributed by atoms with van der Waals surface area (Å²) in [4.78, 5) is 25.3. The molecule has 0 bridgehead atoms. The second kappa shape index (κ2) is 7.41. The first-order chi connectivity index (χ1) is 10.1. The Morgan fingerprint density at radius 3 is 2.43 bits per heavy atom. The predicted molar refractivity (Wildman–Crippen MR) is 84.5 cm³/mol. The van der Waals surface area contributed by atoms with E-state index in [1.165, 1.54) is 7.11 Å². The molecule has 1 fully saturated rings. The van der Waals surface area contributed by atoms with E-state index < -0.39 is 0 Å². The van der Waals surface area contributed by atoms with Gasteiger partial charge in [0.1, 0.15) is 0 Å². The lowest BCUT2D eigenvalue weighted by molar-refractivity contribution is -0.148. The minimum absolute atomic E-state index is 0.0127. The van der Waals surface area contributed by atoms with Gasteiger partial charge in [0, 0.05) is 23.6 Å². The van der Waals surface area contributed by atoms with Crippen molar-refractivity contribution >= 4 is 33.9 Å². The highest BCUT2D eigenvalue weighted by molar-refractivity contribution is 9.10. The number of methoxy groups -OCH3 is 1. The van der Waals surface area contributed by atoms with Crippen molar-refractivity contribution in [2.24, 2.45) is 5.92 Å². The third-order valence-electron chi connectivity index (χ3n) is 3.63. The lowest BCUT2D eigenvalue weighted by atomic mass is 9.97. The number of ether oxygens (including phenoxy) is 1. The minimum atomic E-state index is -0.174. The third-order valence-corrected chi connectivity index (χ3v) is 4.16. The maximum absolute atomic E-state index is 12.1. The fourth-order valence-electron chi connectivity index (χ4n) is 2.35. The van der Waals surface area contributed by atoms with Crippen LogP contribution >= 0.6 is 15.9 Å². The first kappa shape index (κ1) is 15.8. The number of hydrogen-bond acceptors (Lipinski definition) is 3. The monoisotopic (exact) mass is 351 g/mol. The zero-order valence-corrected chi connectivity index (χ0v) is 13.5. The Morgan fingerprint density at radius 1 is 1.24 bits per heavy atom. The quantitative estimate of drug-likeness (QED) is 0.621. The third kappa shape index (κ3) is 4.43. The number of carbonyl (C=O) groups excluding carboxylic acids is 2. The highest BCUT2D eigenvalue weighted by Gasteiger charge is 2.26. The van der Waals surface area contributed by atoms with E-state index in [0.29, 0.717) is 25.9 Å². The summed E-state index contributed by atoms with van der Waals surface area (Å²) in [7, 11) is 1.40. The molecule has 0 N–H and O–H groups in total. The summed E-state index contributed by atoms with van der Waals surface area (Å²) >= 11 is 3.37. The standard InChI is InChI=1S/C16H18BrNO3/c1-21-16(20)13-8-10-18(11-9-13)15(19)7-4-12-2-5-14(17)6-3-12/h2-7,13H,8-11H2,1H3. The minimum Gasteiger partial charge on any atom is -0.469 e. The topological polar surface area (TPSA) is 46.6 Å². The number of likely N-dealkylation sites (tertiary alicyclic amines) is 1. The number of benzene rings is 1. The zero-order valence-electron chi connectivity index (χ0n) is 11.9. The molecule has 0 radical (unpaired) electrons. The van der Waals surface area contributed by atoms with E-state index in [1.54, 1.807) is 17.1 Å². The first-order valence-corrected chi connectivity index (χ1v) is 7.70. The largest absolute Gasteiger partial charge is 0.469 e. The Morgan fingerprint density at radius 2 is 1.86 bits per heavy atom. The van der Waals surface area contributed by atoms with Crippen LogP contribution in [0.2, 0.25) is 0 Å². The Labute approximate surface area is 132 Å². The molecule has 21 heavy (non-hydrogen) atoms. The van der Waals surface area contributed by atoms with Gasteiger partial charge < -0.3 is 9.64 Å². The smallest absolute Gasteiger partial charge is 0.308 e. The fourth-order valence-corrected chi connectivity index (χ4v) is 2.61. The number of carbonyl (C=O) groups is 2. The molecule has 0 aliphatic carbocycles. The second-order valence-corrected chi connectivity index (χ2v) is 5.92. The summed E-state index contributed by atoms with van der Waals surface area (Å²) in [6, 6.07) is 7.76. The van der Waals surface area contributed by atoms with Crippen LogP contribution in [0, 0.1) is 5.92 Å². The normalized spacial score (nSPS) is 16.2. The molecule has 0 unspecified atom stereocenters. The van der Waals surface area contributed by atoms with E-state index in [1.807, 2.05) is 24.3 Å². The van der Waals surface area contributed by atoms with Crippen LogP contribution in [0.25, 0.3) is 6.08 Å². The van der Waals surface area contributed by atoms with E-state index in [-0.39, 0.29) is 17.8 Å². The van der Waals surface area contributed by atoms with Gasteiger partial charge >= 0.3 is 5.97 Å². The van der Waals surface area contributed by atoms with Gasteiger partial charge in [0.25, 0.3) is 0 Å². The van der Waals surface area contributed by atoms with E-state index in [9.17, 15) is 9.59 Å². The van der Waals surface area contributed by atoms with Gasteiger partial charge in [-0.05, 0) is 36.6 Å². The molecule has 4 nitrogen and oxygen atoms in total. The first-order valence-electron chi connectivity index (χ1n) is 6.90. The molecule has 2 rings (SSSR count). The average molecular weight is 352 g/mol. The van der Waals surface area contributed by atoms with Gasteiger partial charge in [0.2, 0.25) is 5.91 Å². The van der Waals surface area contributed by atoms with E-state index in [2.05, 4.69) is 15.9 Å². The summed E-state index contributed by atoms with van der Waals surface area (Å²) in [5.41, 5.74) is 0.982. The van der Waals surface area contributed by atoms with Gasteiger partial charge in [-0.2, -0.15) is 0 Å². The number of esters is 1. The van der Waals surface area contributed by atoms with Gasteiger partial charge in [-0.15, -0.1) is 0 Å². The van der Waals surface area contributed by atoms with Crippen LogP contribution in [0.15, 0.2) is 34.8 Å². The number of amides is 1. The molecule has 1 aromatic carbocycles. The molecule has 1 aliphatic heterocycles. The number of hydrogen-bond donors (Lipinski definition) is 0. The number of rotatable bonds is 3. The number of halogens is 1. The molecule has 1 heterocycles. The molecule has 0 atom stereocenters. The van der Waals surface area contributed by atoms with Crippen LogP contribution in [0.3, 0.4) is 0 Å². The van der Waals surface area contributed by atoms with Crippen LogP contribution < -0.4 is 0 Å². The second-order valence-electron chi connectivity index (χ2n) is 5.01. The van der Waals surface area contributed by atoms with Gasteiger partial charge in [0.15, 0.2) is 0 Å². The lowest BCUT2D eigenvalue weighted by Gasteiger charge is -2.29. The maximum atomic E-state index is 12.1. The summed E-state index contributed by atoms with van der Waals surface area (Å²) in [5, 5.41) is 0. The molecule has 0 saturated carbocycles. The molecule has 1 amide bonds. The average Bonchev–Trinajstić information content (AvgIpc) is 2.53. The van der Waals surface area contributed by atoms with E-state index in [4.69, 9.17) is 4.74 Å². The summed E-state index contributed by atoms with van der Waals surface area (Å²) in [5.74, 6) is -0.261. The van der Waals surface area contributed by atoms with Crippen molar-refractivity contribution in [2.75, 3.05) is 20.2 Å². The Balaban J connectivity index is 1.87. The molecular weight excluding hydrogens is 334 g/mol. The highest BCUT2D eigenvalue weighted by Crippen LogP contribution is 2.19. The van der Waals surface area contributed by atoms with Crippen molar-refractivity contribution in [3.05, 3.63) is 40.4 Å². The van der Waals surface area contributed by atoms with Crippen LogP contribution in [-0.4, -0.2) is 37.0 Å². The molecule has 1 saturated heterocycles. The molecule has 5 heteroatoms.